The van der Waals surface area contributed by atoms with Crippen LogP contribution in [0.25, 0.3) is 0 Å². The maximum Gasteiger partial charge on any atom is 0.346 e. The van der Waals surface area contributed by atoms with Crippen LogP contribution in [0.15, 0.2) is 15.6 Å². The molecule has 7 heteroatoms. The van der Waals surface area contributed by atoms with E-state index >= 15 is 0 Å². The molecule has 0 aromatic carbocycles. The van der Waals surface area contributed by atoms with Gasteiger partial charge in [0.05, 0.1) is 5.54 Å². The van der Waals surface area contributed by atoms with Crippen molar-refractivity contribution in [2.24, 2.45) is 0 Å². The molecule has 7 nitrogen and oxygen atoms in total. The molecule has 1 aliphatic rings. The van der Waals surface area contributed by atoms with Gasteiger partial charge in [-0.25, -0.2) is 9.48 Å². The van der Waals surface area contributed by atoms with E-state index in [-0.39, 0.29) is 17.8 Å². The van der Waals surface area contributed by atoms with Gasteiger partial charge in [0.25, 0.3) is 0 Å². The van der Waals surface area contributed by atoms with Gasteiger partial charge in [-0.3, -0.25) is 4.57 Å². The highest BCUT2D eigenvalue weighted by Gasteiger charge is 2.29. The first kappa shape index (κ1) is 12.1. The van der Waals surface area contributed by atoms with E-state index in [0.29, 0.717) is 11.8 Å². The van der Waals surface area contributed by atoms with Crippen molar-refractivity contribution in [3.63, 3.8) is 0 Å². The Bertz CT molecular complexity index is 642. The van der Waals surface area contributed by atoms with Crippen LogP contribution < -0.4 is 5.69 Å². The summed E-state index contributed by atoms with van der Waals surface area (Å²) in [6, 6.07) is 0. The highest BCUT2D eigenvalue weighted by molar-refractivity contribution is 5.03. The summed E-state index contributed by atoms with van der Waals surface area (Å²) < 4.78 is 8.09. The van der Waals surface area contributed by atoms with Gasteiger partial charge in [-0.05, 0) is 33.6 Å². The van der Waals surface area contributed by atoms with E-state index in [2.05, 4.69) is 15.2 Å². The van der Waals surface area contributed by atoms with Crippen LogP contribution in [0, 0.1) is 0 Å². The lowest BCUT2D eigenvalue weighted by Gasteiger charge is -2.16. The van der Waals surface area contributed by atoms with Crippen molar-refractivity contribution < 1.29 is 4.52 Å². The van der Waals surface area contributed by atoms with Crippen molar-refractivity contribution in [3.05, 3.63) is 28.5 Å². The van der Waals surface area contributed by atoms with Gasteiger partial charge in [-0.2, -0.15) is 10.1 Å². The van der Waals surface area contributed by atoms with E-state index in [9.17, 15) is 4.79 Å². The summed E-state index contributed by atoms with van der Waals surface area (Å²) in [4.78, 5) is 16.5. The fraction of sp³-hybridized carbons (Fsp3) is 0.667. The molecule has 0 N–H and O–H groups in total. The number of hydrogen-bond acceptors (Lipinski definition) is 5. The molecule has 0 bridgehead atoms. The maximum atomic E-state index is 12.1. The van der Waals surface area contributed by atoms with E-state index < -0.39 is 0 Å². The second kappa shape index (κ2) is 4.04. The Kier molecular flexibility index (Phi) is 2.58. The molecule has 3 rings (SSSR count). The first-order valence-electron chi connectivity index (χ1n) is 6.42. The molecule has 0 radical (unpaired) electrons. The summed E-state index contributed by atoms with van der Waals surface area (Å²) in [5.74, 6) is 1.66. The lowest BCUT2D eigenvalue weighted by Crippen LogP contribution is -2.35. The van der Waals surface area contributed by atoms with Gasteiger partial charge in [-0.1, -0.05) is 5.16 Å². The molecule has 0 saturated heterocycles. The fourth-order valence-electron chi connectivity index (χ4n) is 1.89. The zero-order valence-corrected chi connectivity index (χ0v) is 11.3. The molecule has 0 spiro atoms. The predicted molar refractivity (Wildman–Crippen MR) is 66.9 cm³/mol. The third kappa shape index (κ3) is 2.32. The summed E-state index contributed by atoms with van der Waals surface area (Å²) in [7, 11) is 0. The van der Waals surface area contributed by atoms with Crippen molar-refractivity contribution in [2.45, 2.75) is 51.6 Å². The quantitative estimate of drug-likeness (QED) is 0.828. The molecule has 0 amide bonds. The zero-order valence-electron chi connectivity index (χ0n) is 11.3. The third-order valence-corrected chi connectivity index (χ3v) is 3.10. The van der Waals surface area contributed by atoms with E-state index in [1.807, 2.05) is 20.8 Å². The molecule has 19 heavy (non-hydrogen) atoms. The molecule has 0 aliphatic heterocycles. The standard InChI is InChI=1S/C12H17N5O2/c1-12(2,3)17-11(18)16(7-13-17)6-9-14-10(15-19-9)8-4-5-8/h7-8H,4-6H2,1-3H3. The SMILES string of the molecule is CC(C)(C)n1ncn(Cc2nc(C3CC3)no2)c1=O. The molecule has 0 unspecified atom stereocenters. The van der Waals surface area contributed by atoms with Crippen LogP contribution in [-0.2, 0) is 12.1 Å². The number of nitrogens with zero attached hydrogens (tertiary/aromatic N) is 5. The Labute approximate surface area is 110 Å². The minimum Gasteiger partial charge on any atom is -0.337 e. The van der Waals surface area contributed by atoms with Crippen molar-refractivity contribution in [1.82, 2.24) is 24.5 Å². The first-order chi connectivity index (χ1) is 8.95. The van der Waals surface area contributed by atoms with Gasteiger partial charge in [0.15, 0.2) is 5.82 Å². The second-order valence-electron chi connectivity index (χ2n) is 5.94. The largest absolute Gasteiger partial charge is 0.346 e. The van der Waals surface area contributed by atoms with E-state index in [1.165, 1.54) is 15.6 Å². The zero-order chi connectivity index (χ0) is 13.6. The summed E-state index contributed by atoms with van der Waals surface area (Å²) in [6.45, 7) is 6.07. The van der Waals surface area contributed by atoms with Gasteiger partial charge in [0.1, 0.15) is 12.9 Å². The van der Waals surface area contributed by atoms with E-state index in [1.54, 1.807) is 0 Å². The van der Waals surface area contributed by atoms with Crippen LogP contribution >= 0.6 is 0 Å². The minimum absolute atomic E-state index is 0.168. The molecular weight excluding hydrogens is 246 g/mol. The van der Waals surface area contributed by atoms with Crippen LogP contribution in [-0.4, -0.2) is 24.5 Å². The van der Waals surface area contributed by atoms with E-state index in [4.69, 9.17) is 4.52 Å². The van der Waals surface area contributed by atoms with Crippen LogP contribution in [0.5, 0.6) is 0 Å². The van der Waals surface area contributed by atoms with Gasteiger partial charge >= 0.3 is 5.69 Å². The maximum absolute atomic E-state index is 12.1. The number of rotatable bonds is 3. The van der Waals surface area contributed by atoms with Crippen LogP contribution in [0.1, 0.15) is 51.2 Å². The second-order valence-corrected chi connectivity index (χ2v) is 5.94. The van der Waals surface area contributed by atoms with Gasteiger partial charge < -0.3 is 4.52 Å². The van der Waals surface area contributed by atoms with Crippen LogP contribution in [0.2, 0.25) is 0 Å². The monoisotopic (exact) mass is 263 g/mol. The molecular formula is C12H17N5O2. The molecule has 2 heterocycles. The fourth-order valence-corrected chi connectivity index (χ4v) is 1.89. The Hall–Kier alpha value is -1.92. The smallest absolute Gasteiger partial charge is 0.337 e. The molecule has 1 aliphatic carbocycles. The molecule has 0 atom stereocenters. The minimum atomic E-state index is -0.337. The van der Waals surface area contributed by atoms with Crippen molar-refractivity contribution in [3.8, 4) is 0 Å². The molecule has 2 aromatic rings. The Morgan fingerprint density at radius 2 is 2.16 bits per heavy atom. The van der Waals surface area contributed by atoms with Crippen molar-refractivity contribution in [2.75, 3.05) is 0 Å². The average molecular weight is 263 g/mol. The van der Waals surface area contributed by atoms with Gasteiger partial charge in [-0.15, -0.1) is 0 Å². The van der Waals surface area contributed by atoms with Crippen molar-refractivity contribution in [1.29, 1.82) is 0 Å². The Balaban J connectivity index is 1.83. The Morgan fingerprint density at radius 3 is 2.74 bits per heavy atom. The van der Waals surface area contributed by atoms with Gasteiger partial charge in [0, 0.05) is 5.92 Å². The first-order valence-corrected chi connectivity index (χ1v) is 6.42. The van der Waals surface area contributed by atoms with Gasteiger partial charge in [0.2, 0.25) is 5.89 Å². The third-order valence-electron chi connectivity index (χ3n) is 3.10. The highest BCUT2D eigenvalue weighted by Crippen LogP contribution is 2.38. The van der Waals surface area contributed by atoms with Crippen LogP contribution in [0.3, 0.4) is 0 Å². The molecule has 102 valence electrons. The molecule has 1 fully saturated rings. The predicted octanol–water partition coefficient (Wildman–Crippen LogP) is 1.11. The average Bonchev–Trinajstić information content (AvgIpc) is 2.96. The summed E-state index contributed by atoms with van der Waals surface area (Å²) in [5, 5.41) is 8.05. The topological polar surface area (TPSA) is 78.7 Å². The summed E-state index contributed by atoms with van der Waals surface area (Å²) in [5.41, 5.74) is -0.505. The van der Waals surface area contributed by atoms with Crippen molar-refractivity contribution >= 4 is 0 Å². The molecule has 2 aromatic heterocycles. The normalized spacial score (nSPS) is 15.9. The van der Waals surface area contributed by atoms with Crippen LogP contribution in [0.4, 0.5) is 0 Å². The lowest BCUT2D eigenvalue weighted by atomic mass is 10.1. The highest BCUT2D eigenvalue weighted by atomic mass is 16.5. The number of hydrogen-bond donors (Lipinski definition) is 0. The summed E-state index contributed by atoms with van der Waals surface area (Å²) in [6.07, 6.45) is 3.76. The van der Waals surface area contributed by atoms with E-state index in [0.717, 1.165) is 18.7 Å². The molecule has 1 saturated carbocycles. The summed E-state index contributed by atoms with van der Waals surface area (Å²) >= 11 is 0. The number of aromatic nitrogens is 5. The Morgan fingerprint density at radius 1 is 1.42 bits per heavy atom. The lowest BCUT2D eigenvalue weighted by molar-refractivity contribution is 0.336.